The van der Waals surface area contributed by atoms with Gasteiger partial charge in [-0.05, 0) is 46.2 Å². The minimum atomic E-state index is -4.73. The molecule has 0 aromatic heterocycles. The molecular formula is C25H20ClNO5S. The number of carbonyl (C=O) groups is 1. The maximum absolute atomic E-state index is 12.9. The first-order chi connectivity index (χ1) is 15.8. The number of rotatable bonds is 7. The first-order valence-electron chi connectivity index (χ1n) is 10.0. The lowest BCUT2D eigenvalue weighted by Gasteiger charge is -2.16. The van der Waals surface area contributed by atoms with Crippen molar-refractivity contribution >= 4 is 44.1 Å². The van der Waals surface area contributed by atoms with Crippen LogP contribution in [0.15, 0.2) is 91.0 Å². The molecule has 0 aliphatic carbocycles. The summed E-state index contributed by atoms with van der Waals surface area (Å²) in [7, 11) is -4.73. The molecule has 4 aromatic carbocycles. The SMILES string of the molecule is O=C(Nc1ccc(OCc2ccccc2)c(Cl)c1)C(c1ccc2ccccc2c1)S(=O)(=O)O. The Morgan fingerprint density at radius 2 is 1.61 bits per heavy atom. The van der Waals surface area contributed by atoms with Crippen molar-refractivity contribution in [3.05, 3.63) is 107 Å². The van der Waals surface area contributed by atoms with Gasteiger partial charge in [0.25, 0.3) is 10.1 Å². The van der Waals surface area contributed by atoms with Crippen molar-refractivity contribution in [3.63, 3.8) is 0 Å². The van der Waals surface area contributed by atoms with Crippen LogP contribution in [0, 0.1) is 0 Å². The number of hydrogen-bond donors (Lipinski definition) is 2. The highest BCUT2D eigenvalue weighted by atomic mass is 35.5. The van der Waals surface area contributed by atoms with Gasteiger partial charge in [-0.3, -0.25) is 9.35 Å². The summed E-state index contributed by atoms with van der Waals surface area (Å²) in [4.78, 5) is 12.9. The lowest BCUT2D eigenvalue weighted by molar-refractivity contribution is -0.116. The summed E-state index contributed by atoms with van der Waals surface area (Å²) >= 11 is 6.29. The Hall–Kier alpha value is -3.39. The summed E-state index contributed by atoms with van der Waals surface area (Å²) in [5, 5.41) is 2.60. The molecule has 33 heavy (non-hydrogen) atoms. The van der Waals surface area contributed by atoms with Crippen LogP contribution >= 0.6 is 11.6 Å². The van der Waals surface area contributed by atoms with Crippen LogP contribution in [0.25, 0.3) is 10.8 Å². The minimum absolute atomic E-state index is 0.155. The number of anilines is 1. The molecule has 0 saturated heterocycles. The van der Waals surface area contributed by atoms with Crippen molar-refractivity contribution in [2.75, 3.05) is 5.32 Å². The fraction of sp³-hybridized carbons (Fsp3) is 0.0800. The van der Waals surface area contributed by atoms with E-state index in [1.165, 1.54) is 12.1 Å². The van der Waals surface area contributed by atoms with Crippen molar-refractivity contribution in [2.24, 2.45) is 0 Å². The second-order valence-electron chi connectivity index (χ2n) is 7.41. The molecule has 0 radical (unpaired) electrons. The topological polar surface area (TPSA) is 92.7 Å². The molecular weight excluding hydrogens is 462 g/mol. The normalized spacial score (nSPS) is 12.3. The molecule has 168 valence electrons. The van der Waals surface area contributed by atoms with E-state index in [2.05, 4.69) is 5.32 Å². The van der Waals surface area contributed by atoms with Gasteiger partial charge in [0.15, 0.2) is 5.25 Å². The van der Waals surface area contributed by atoms with E-state index in [0.29, 0.717) is 12.4 Å². The quantitative estimate of drug-likeness (QED) is 0.333. The Bertz CT molecular complexity index is 1410. The molecule has 6 nitrogen and oxygen atoms in total. The van der Waals surface area contributed by atoms with E-state index in [9.17, 15) is 17.8 Å². The van der Waals surface area contributed by atoms with Gasteiger partial charge in [0.2, 0.25) is 5.91 Å². The zero-order chi connectivity index (χ0) is 23.4. The Balaban J connectivity index is 1.53. The third kappa shape index (κ3) is 5.51. The third-order valence-corrected chi connectivity index (χ3v) is 6.43. The number of halogens is 1. The first-order valence-corrected chi connectivity index (χ1v) is 11.9. The molecule has 8 heteroatoms. The number of benzene rings is 4. The molecule has 0 spiro atoms. The van der Waals surface area contributed by atoms with Gasteiger partial charge in [0.1, 0.15) is 12.4 Å². The molecule has 4 aromatic rings. The maximum Gasteiger partial charge on any atom is 0.281 e. The van der Waals surface area contributed by atoms with Crippen LogP contribution in [-0.4, -0.2) is 18.9 Å². The molecule has 1 amide bonds. The van der Waals surface area contributed by atoms with E-state index < -0.39 is 21.3 Å². The van der Waals surface area contributed by atoms with Gasteiger partial charge in [-0.1, -0.05) is 78.3 Å². The standard InChI is InChI=1S/C25H20ClNO5S/c26-22-15-21(12-13-23(22)32-16-17-6-2-1-3-7-17)27-25(28)24(33(29,30)31)20-11-10-18-8-4-5-9-19(18)14-20/h1-15,24H,16H2,(H,27,28)(H,29,30,31). The van der Waals surface area contributed by atoms with Crippen LogP contribution < -0.4 is 10.1 Å². The highest BCUT2D eigenvalue weighted by Crippen LogP contribution is 2.31. The van der Waals surface area contributed by atoms with Gasteiger partial charge in [0.05, 0.1) is 5.02 Å². The minimum Gasteiger partial charge on any atom is -0.487 e. The number of fused-ring (bicyclic) bond motifs is 1. The second-order valence-corrected chi connectivity index (χ2v) is 9.32. The predicted octanol–water partition coefficient (Wildman–Crippen LogP) is 5.64. The number of carbonyl (C=O) groups excluding carboxylic acids is 1. The smallest absolute Gasteiger partial charge is 0.281 e. The van der Waals surface area contributed by atoms with E-state index in [4.69, 9.17) is 16.3 Å². The van der Waals surface area contributed by atoms with Crippen molar-refractivity contribution in [3.8, 4) is 5.75 Å². The first kappa shape index (κ1) is 22.8. The molecule has 4 rings (SSSR count). The number of ether oxygens (including phenoxy) is 1. The second kappa shape index (κ2) is 9.62. The molecule has 0 fully saturated rings. The lowest BCUT2D eigenvalue weighted by atomic mass is 10.0. The van der Waals surface area contributed by atoms with Crippen molar-refractivity contribution in [1.82, 2.24) is 0 Å². The number of nitrogens with one attached hydrogen (secondary N) is 1. The molecule has 2 N–H and O–H groups in total. The molecule has 0 saturated carbocycles. The largest absolute Gasteiger partial charge is 0.487 e. The van der Waals surface area contributed by atoms with Crippen molar-refractivity contribution in [1.29, 1.82) is 0 Å². The van der Waals surface area contributed by atoms with Gasteiger partial charge >= 0.3 is 0 Å². The number of hydrogen-bond acceptors (Lipinski definition) is 4. The van der Waals surface area contributed by atoms with Gasteiger partial charge in [-0.15, -0.1) is 0 Å². The molecule has 0 aliphatic heterocycles. The fourth-order valence-corrected chi connectivity index (χ4v) is 4.52. The van der Waals surface area contributed by atoms with E-state index in [1.54, 1.807) is 36.4 Å². The monoisotopic (exact) mass is 481 g/mol. The summed E-state index contributed by atoms with van der Waals surface area (Å²) in [5.41, 5.74) is 1.39. The number of amides is 1. The van der Waals surface area contributed by atoms with Crippen LogP contribution in [0.5, 0.6) is 5.75 Å². The highest BCUT2D eigenvalue weighted by Gasteiger charge is 2.33. The van der Waals surface area contributed by atoms with Crippen LogP contribution in [-0.2, 0) is 21.5 Å². The Morgan fingerprint density at radius 3 is 2.30 bits per heavy atom. The van der Waals surface area contributed by atoms with Crippen LogP contribution in [0.4, 0.5) is 5.69 Å². The summed E-state index contributed by atoms with van der Waals surface area (Å²) in [5.74, 6) is -0.485. The van der Waals surface area contributed by atoms with Gasteiger partial charge in [0, 0.05) is 5.69 Å². The summed E-state index contributed by atoms with van der Waals surface area (Å²) in [6.45, 7) is 0.319. The zero-order valence-electron chi connectivity index (χ0n) is 17.3. The van der Waals surface area contributed by atoms with Crippen LogP contribution in [0.3, 0.4) is 0 Å². The third-order valence-electron chi connectivity index (χ3n) is 5.05. The van der Waals surface area contributed by atoms with Crippen LogP contribution in [0.2, 0.25) is 5.02 Å². The average molecular weight is 482 g/mol. The summed E-state index contributed by atoms with van der Waals surface area (Å²) in [6.07, 6.45) is 0. The zero-order valence-corrected chi connectivity index (χ0v) is 18.9. The average Bonchev–Trinajstić information content (AvgIpc) is 2.78. The van der Waals surface area contributed by atoms with Crippen molar-refractivity contribution < 1.29 is 22.5 Å². The van der Waals surface area contributed by atoms with Gasteiger partial charge < -0.3 is 10.1 Å². The van der Waals surface area contributed by atoms with Crippen molar-refractivity contribution in [2.45, 2.75) is 11.9 Å². The predicted molar refractivity (Wildman–Crippen MR) is 129 cm³/mol. The summed E-state index contributed by atoms with van der Waals surface area (Å²) in [6, 6.07) is 26.2. The fourth-order valence-electron chi connectivity index (χ4n) is 3.47. The van der Waals surface area contributed by atoms with Gasteiger partial charge in [-0.25, -0.2) is 0 Å². The van der Waals surface area contributed by atoms with Gasteiger partial charge in [-0.2, -0.15) is 8.42 Å². The van der Waals surface area contributed by atoms with E-state index in [0.717, 1.165) is 16.3 Å². The van der Waals surface area contributed by atoms with E-state index in [1.807, 2.05) is 42.5 Å². The molecule has 0 heterocycles. The molecule has 0 bridgehead atoms. The maximum atomic E-state index is 12.9. The lowest BCUT2D eigenvalue weighted by Crippen LogP contribution is -2.27. The Morgan fingerprint density at radius 1 is 0.909 bits per heavy atom. The highest BCUT2D eigenvalue weighted by molar-refractivity contribution is 7.86. The Kier molecular flexibility index (Phi) is 6.65. The van der Waals surface area contributed by atoms with E-state index >= 15 is 0 Å². The van der Waals surface area contributed by atoms with E-state index in [-0.39, 0.29) is 16.3 Å². The summed E-state index contributed by atoms with van der Waals surface area (Å²) < 4.78 is 39.7. The molecule has 0 aliphatic rings. The Labute approximate surface area is 196 Å². The molecule has 1 unspecified atom stereocenters. The van der Waals surface area contributed by atoms with Crippen LogP contribution in [0.1, 0.15) is 16.4 Å². The molecule has 1 atom stereocenters.